The summed E-state index contributed by atoms with van der Waals surface area (Å²) in [7, 11) is 1.73. The lowest BCUT2D eigenvalue weighted by Crippen LogP contribution is -2.51. The van der Waals surface area contributed by atoms with Crippen molar-refractivity contribution in [3.63, 3.8) is 0 Å². The van der Waals surface area contributed by atoms with Crippen molar-refractivity contribution in [2.24, 2.45) is 17.3 Å². The molecule has 4 rings (SSSR count). The molecule has 2 nitrogen and oxygen atoms in total. The second kappa shape index (κ2) is 5.14. The highest BCUT2D eigenvalue weighted by Gasteiger charge is 2.60. The zero-order chi connectivity index (χ0) is 17.1. The molecule has 1 aromatic rings. The standard InChI is InChI=1S/C22H26O2/c1-5-22(23)13-14(2)20-19-8-6-15-12-16(24-4)7-9-17(15)18(19)10-11-21(20,22)3/h1,7,9,12-13,18-20,23H,6,8,10-11H2,2-4H3/t18-,19-,20+,21+,22+/m1/s1. The van der Waals surface area contributed by atoms with E-state index in [1.807, 2.05) is 6.08 Å². The fourth-order valence-corrected chi connectivity index (χ4v) is 5.95. The first kappa shape index (κ1) is 15.8. The van der Waals surface area contributed by atoms with Gasteiger partial charge in [0.25, 0.3) is 0 Å². The Bertz CT molecular complexity index is 756. The first-order valence-electron chi connectivity index (χ1n) is 9.00. The zero-order valence-electron chi connectivity index (χ0n) is 14.8. The third-order valence-corrected chi connectivity index (χ3v) is 7.12. The average molecular weight is 322 g/mol. The summed E-state index contributed by atoms with van der Waals surface area (Å²) in [5.41, 5.74) is 2.89. The predicted molar refractivity (Wildman–Crippen MR) is 95.9 cm³/mol. The molecular weight excluding hydrogens is 296 g/mol. The van der Waals surface area contributed by atoms with Crippen LogP contribution in [-0.4, -0.2) is 17.8 Å². The quantitative estimate of drug-likeness (QED) is 0.623. The van der Waals surface area contributed by atoms with E-state index in [1.54, 1.807) is 7.11 Å². The number of aryl methyl sites for hydroxylation is 1. The molecule has 5 atom stereocenters. The Balaban J connectivity index is 1.75. The highest BCUT2D eigenvalue weighted by molar-refractivity contribution is 5.44. The van der Waals surface area contributed by atoms with E-state index < -0.39 is 5.60 Å². The molecular formula is C22H26O2. The van der Waals surface area contributed by atoms with Crippen LogP contribution in [0.1, 0.15) is 50.2 Å². The topological polar surface area (TPSA) is 29.5 Å². The largest absolute Gasteiger partial charge is 0.497 e. The Morgan fingerprint density at radius 1 is 1.33 bits per heavy atom. The molecule has 2 heteroatoms. The number of methoxy groups -OCH3 is 1. The Kier molecular flexibility index (Phi) is 3.38. The van der Waals surface area contributed by atoms with Crippen LogP contribution in [0.5, 0.6) is 5.75 Å². The summed E-state index contributed by atoms with van der Waals surface area (Å²) in [5.74, 6) is 5.18. The van der Waals surface area contributed by atoms with E-state index in [9.17, 15) is 5.11 Å². The number of aliphatic hydroxyl groups is 1. The maximum absolute atomic E-state index is 11.0. The highest BCUT2D eigenvalue weighted by Crippen LogP contribution is 2.63. The fraction of sp³-hybridized carbons (Fsp3) is 0.545. The number of rotatable bonds is 1. The van der Waals surface area contributed by atoms with E-state index >= 15 is 0 Å². The molecule has 3 aliphatic rings. The summed E-state index contributed by atoms with van der Waals surface area (Å²) in [5, 5.41) is 11.0. The minimum absolute atomic E-state index is 0.225. The minimum atomic E-state index is -1.09. The van der Waals surface area contributed by atoms with Crippen LogP contribution < -0.4 is 4.74 Å². The first-order valence-corrected chi connectivity index (χ1v) is 9.00. The molecule has 0 radical (unpaired) electrons. The molecule has 0 bridgehead atoms. The molecule has 0 unspecified atom stereocenters. The van der Waals surface area contributed by atoms with Crippen molar-refractivity contribution in [2.45, 2.75) is 51.0 Å². The number of ether oxygens (including phenoxy) is 1. The summed E-state index contributed by atoms with van der Waals surface area (Å²) in [6, 6.07) is 6.55. The van der Waals surface area contributed by atoms with Gasteiger partial charge in [-0.15, -0.1) is 6.42 Å². The summed E-state index contributed by atoms with van der Waals surface area (Å²) >= 11 is 0. The Labute approximate surface area is 144 Å². The summed E-state index contributed by atoms with van der Waals surface area (Å²) < 4.78 is 5.40. The molecule has 3 aliphatic carbocycles. The third kappa shape index (κ3) is 1.88. The van der Waals surface area contributed by atoms with Crippen LogP contribution in [0.15, 0.2) is 29.8 Å². The second-order valence-electron chi connectivity index (χ2n) is 8.11. The molecule has 0 saturated heterocycles. The maximum atomic E-state index is 11.0. The van der Waals surface area contributed by atoms with E-state index in [-0.39, 0.29) is 5.41 Å². The lowest BCUT2D eigenvalue weighted by Gasteiger charge is -2.52. The number of allylic oxidation sites excluding steroid dienone is 1. The van der Waals surface area contributed by atoms with Crippen LogP contribution in [0.4, 0.5) is 0 Å². The predicted octanol–water partition coefficient (Wildman–Crippen LogP) is 4.08. The van der Waals surface area contributed by atoms with E-state index in [4.69, 9.17) is 11.2 Å². The molecule has 1 saturated carbocycles. The molecule has 126 valence electrons. The van der Waals surface area contributed by atoms with E-state index in [1.165, 1.54) is 16.7 Å². The van der Waals surface area contributed by atoms with E-state index in [0.29, 0.717) is 17.8 Å². The van der Waals surface area contributed by atoms with Crippen LogP contribution >= 0.6 is 0 Å². The van der Waals surface area contributed by atoms with Gasteiger partial charge in [-0.3, -0.25) is 0 Å². The second-order valence-corrected chi connectivity index (χ2v) is 8.11. The van der Waals surface area contributed by atoms with Crippen LogP contribution in [0.25, 0.3) is 0 Å². The fourth-order valence-electron chi connectivity index (χ4n) is 5.95. The molecule has 1 N–H and O–H groups in total. The number of terminal acetylenes is 1. The molecule has 0 aromatic heterocycles. The highest BCUT2D eigenvalue weighted by atomic mass is 16.5. The van der Waals surface area contributed by atoms with Gasteiger partial charge in [0.15, 0.2) is 0 Å². The molecule has 24 heavy (non-hydrogen) atoms. The van der Waals surface area contributed by atoms with Crippen molar-refractivity contribution in [3.05, 3.63) is 41.0 Å². The van der Waals surface area contributed by atoms with Crippen LogP contribution in [0.2, 0.25) is 0 Å². The molecule has 0 heterocycles. The van der Waals surface area contributed by atoms with Crippen molar-refractivity contribution in [3.8, 4) is 18.1 Å². The maximum Gasteiger partial charge on any atom is 0.149 e. The normalized spacial score (nSPS) is 40.0. The van der Waals surface area contributed by atoms with Crippen molar-refractivity contribution < 1.29 is 9.84 Å². The third-order valence-electron chi connectivity index (χ3n) is 7.12. The van der Waals surface area contributed by atoms with Gasteiger partial charge in [-0.25, -0.2) is 0 Å². The van der Waals surface area contributed by atoms with Gasteiger partial charge in [-0.2, -0.15) is 0 Å². The molecule has 0 amide bonds. The smallest absolute Gasteiger partial charge is 0.149 e. The van der Waals surface area contributed by atoms with Crippen molar-refractivity contribution in [1.82, 2.24) is 0 Å². The van der Waals surface area contributed by atoms with Gasteiger partial charge in [0.1, 0.15) is 11.4 Å². The van der Waals surface area contributed by atoms with Gasteiger partial charge in [0, 0.05) is 5.41 Å². The lowest BCUT2D eigenvalue weighted by molar-refractivity contribution is -0.0523. The van der Waals surface area contributed by atoms with Crippen molar-refractivity contribution >= 4 is 0 Å². The molecule has 1 aromatic carbocycles. The van der Waals surface area contributed by atoms with Crippen molar-refractivity contribution in [1.29, 1.82) is 0 Å². The number of fused-ring (bicyclic) bond motifs is 5. The minimum Gasteiger partial charge on any atom is -0.497 e. The summed E-state index contributed by atoms with van der Waals surface area (Å²) in [4.78, 5) is 0. The van der Waals surface area contributed by atoms with Gasteiger partial charge < -0.3 is 9.84 Å². The Hall–Kier alpha value is -1.72. The van der Waals surface area contributed by atoms with Crippen LogP contribution in [0, 0.1) is 29.6 Å². The lowest BCUT2D eigenvalue weighted by atomic mass is 9.52. The Morgan fingerprint density at radius 3 is 2.83 bits per heavy atom. The molecule has 0 spiro atoms. The van der Waals surface area contributed by atoms with Gasteiger partial charge in [-0.05, 0) is 79.7 Å². The first-order chi connectivity index (χ1) is 11.4. The average Bonchev–Trinajstić information content (AvgIpc) is 2.80. The van der Waals surface area contributed by atoms with Crippen LogP contribution in [-0.2, 0) is 6.42 Å². The van der Waals surface area contributed by atoms with Crippen molar-refractivity contribution in [2.75, 3.05) is 7.11 Å². The van der Waals surface area contributed by atoms with Gasteiger partial charge in [-0.1, -0.05) is 24.5 Å². The van der Waals surface area contributed by atoms with E-state index in [2.05, 4.69) is 38.0 Å². The zero-order valence-corrected chi connectivity index (χ0v) is 14.8. The number of hydrogen-bond acceptors (Lipinski definition) is 2. The van der Waals surface area contributed by atoms with E-state index in [0.717, 1.165) is 31.4 Å². The van der Waals surface area contributed by atoms with Gasteiger partial charge in [0.2, 0.25) is 0 Å². The van der Waals surface area contributed by atoms with Gasteiger partial charge in [0.05, 0.1) is 7.11 Å². The number of hydrogen-bond donors (Lipinski definition) is 1. The SMILES string of the molecule is C#C[C@]1(O)C=C(C)[C@H]2[C@@H]3CCc4cc(OC)ccc4[C@H]3CC[C@@]21C. The number of benzene rings is 1. The monoisotopic (exact) mass is 322 g/mol. The molecule has 1 fully saturated rings. The van der Waals surface area contributed by atoms with Gasteiger partial charge >= 0.3 is 0 Å². The van der Waals surface area contributed by atoms with Crippen LogP contribution in [0.3, 0.4) is 0 Å². The summed E-state index contributed by atoms with van der Waals surface area (Å²) in [6.45, 7) is 4.36. The molecule has 0 aliphatic heterocycles. The Morgan fingerprint density at radius 2 is 2.12 bits per heavy atom. The summed E-state index contributed by atoms with van der Waals surface area (Å²) in [6.07, 6.45) is 12.0.